The van der Waals surface area contributed by atoms with E-state index in [2.05, 4.69) is 17.3 Å². The summed E-state index contributed by atoms with van der Waals surface area (Å²) in [5, 5.41) is 2.44. The largest absolute Gasteiger partial charge is 0.494 e. The van der Waals surface area contributed by atoms with Crippen molar-refractivity contribution >= 4 is 0 Å². The number of fused-ring (bicyclic) bond motifs is 1. The number of alkyl halides is 3. The molecule has 0 radical (unpaired) electrons. The third kappa shape index (κ3) is 4.61. The summed E-state index contributed by atoms with van der Waals surface area (Å²) in [5.41, 5.74) is 3.21. The Balaban J connectivity index is 2.15. The Kier molecular flexibility index (Phi) is 5.11. The van der Waals surface area contributed by atoms with Gasteiger partial charge in [-0.15, -0.1) is 0 Å². The highest BCUT2D eigenvalue weighted by molar-refractivity contribution is 5.44. The molecule has 0 atom stereocenters. The molecule has 0 saturated carbocycles. The smallest absolute Gasteiger partial charge is 0.401 e. The number of rotatable bonds is 5. The molecule has 1 N–H and O–H groups in total. The van der Waals surface area contributed by atoms with Crippen LogP contribution in [0.15, 0.2) is 12.1 Å². The Morgan fingerprint density at radius 3 is 2.71 bits per heavy atom. The van der Waals surface area contributed by atoms with Gasteiger partial charge in [-0.2, -0.15) is 13.2 Å². The van der Waals surface area contributed by atoms with E-state index in [-0.39, 0.29) is 6.54 Å². The Bertz CT molecular complexity index is 489. The number of nitrogens with zero attached hydrogens (tertiary/aromatic N) is 1. The zero-order valence-electron chi connectivity index (χ0n) is 12.4. The Hall–Kier alpha value is -1.27. The molecule has 2 rings (SSSR count). The van der Waals surface area contributed by atoms with Gasteiger partial charge in [0.25, 0.3) is 0 Å². The molecule has 0 fully saturated rings. The predicted octanol–water partition coefficient (Wildman–Crippen LogP) is 2.73. The number of hydrogen-bond acceptors (Lipinski definition) is 3. The quantitative estimate of drug-likeness (QED) is 0.905. The standard InChI is InChI=1S/C15H21F3N2O/c1-3-21-14-7-13-9-20(2)5-4-11(13)6-12(14)8-19-10-15(16,17)18/h6-7,19H,3-5,8-10H2,1-2H3. The summed E-state index contributed by atoms with van der Waals surface area (Å²) >= 11 is 0. The van der Waals surface area contributed by atoms with E-state index in [9.17, 15) is 13.2 Å². The van der Waals surface area contributed by atoms with Gasteiger partial charge in [0.1, 0.15) is 5.75 Å². The molecular weight excluding hydrogens is 281 g/mol. The third-order valence-corrected chi connectivity index (χ3v) is 3.53. The van der Waals surface area contributed by atoms with Crippen LogP contribution in [0, 0.1) is 0 Å². The van der Waals surface area contributed by atoms with E-state index in [1.807, 2.05) is 19.1 Å². The summed E-state index contributed by atoms with van der Waals surface area (Å²) in [4.78, 5) is 2.22. The lowest BCUT2D eigenvalue weighted by Crippen LogP contribution is -2.29. The molecule has 0 saturated heterocycles. The second-order valence-corrected chi connectivity index (χ2v) is 5.37. The van der Waals surface area contributed by atoms with Crippen molar-refractivity contribution in [3.63, 3.8) is 0 Å². The Morgan fingerprint density at radius 1 is 1.29 bits per heavy atom. The first-order chi connectivity index (χ1) is 9.89. The molecule has 0 aliphatic carbocycles. The van der Waals surface area contributed by atoms with Gasteiger partial charge in [-0.25, -0.2) is 0 Å². The fraction of sp³-hybridized carbons (Fsp3) is 0.600. The molecule has 0 aromatic heterocycles. The molecule has 6 heteroatoms. The maximum absolute atomic E-state index is 12.2. The van der Waals surface area contributed by atoms with Crippen molar-refractivity contribution in [2.45, 2.75) is 32.6 Å². The highest BCUT2D eigenvalue weighted by Crippen LogP contribution is 2.28. The fourth-order valence-corrected chi connectivity index (χ4v) is 2.55. The van der Waals surface area contributed by atoms with Crippen molar-refractivity contribution in [3.8, 4) is 5.75 Å². The maximum Gasteiger partial charge on any atom is 0.401 e. The lowest BCUT2D eigenvalue weighted by molar-refractivity contribution is -0.125. The zero-order chi connectivity index (χ0) is 15.5. The molecule has 0 unspecified atom stereocenters. The van der Waals surface area contributed by atoms with Gasteiger partial charge in [-0.05, 0) is 37.6 Å². The van der Waals surface area contributed by atoms with Crippen molar-refractivity contribution in [1.82, 2.24) is 10.2 Å². The Morgan fingerprint density at radius 2 is 2.05 bits per heavy atom. The van der Waals surface area contributed by atoms with Crippen LogP contribution >= 0.6 is 0 Å². The molecule has 1 heterocycles. The van der Waals surface area contributed by atoms with Crippen LogP contribution < -0.4 is 10.1 Å². The molecular formula is C15H21F3N2O. The van der Waals surface area contributed by atoms with Gasteiger partial charge in [-0.3, -0.25) is 0 Å². The summed E-state index contributed by atoms with van der Waals surface area (Å²) in [6, 6.07) is 3.95. The van der Waals surface area contributed by atoms with Crippen LogP contribution in [0.4, 0.5) is 13.2 Å². The number of halogens is 3. The van der Waals surface area contributed by atoms with Crippen LogP contribution in [0.2, 0.25) is 0 Å². The van der Waals surface area contributed by atoms with E-state index < -0.39 is 12.7 Å². The van der Waals surface area contributed by atoms with Crippen LogP contribution in [0.1, 0.15) is 23.6 Å². The first-order valence-corrected chi connectivity index (χ1v) is 7.12. The van der Waals surface area contributed by atoms with Crippen LogP contribution in [-0.4, -0.2) is 37.8 Å². The number of benzene rings is 1. The topological polar surface area (TPSA) is 24.5 Å². The third-order valence-electron chi connectivity index (χ3n) is 3.53. The van der Waals surface area contributed by atoms with Crippen LogP contribution in [0.25, 0.3) is 0 Å². The van der Waals surface area contributed by atoms with Gasteiger partial charge in [-0.1, -0.05) is 6.07 Å². The summed E-state index contributed by atoms with van der Waals surface area (Å²) in [6.45, 7) is 3.37. The molecule has 3 nitrogen and oxygen atoms in total. The monoisotopic (exact) mass is 302 g/mol. The minimum atomic E-state index is -4.19. The molecule has 1 aromatic rings. The zero-order valence-corrected chi connectivity index (χ0v) is 12.4. The summed E-state index contributed by atoms with van der Waals surface area (Å²) in [7, 11) is 2.06. The first-order valence-electron chi connectivity index (χ1n) is 7.12. The minimum absolute atomic E-state index is 0.165. The van der Waals surface area contributed by atoms with Gasteiger partial charge in [0.05, 0.1) is 13.2 Å². The van der Waals surface area contributed by atoms with Crippen molar-refractivity contribution in [2.24, 2.45) is 0 Å². The van der Waals surface area contributed by atoms with Crippen molar-refractivity contribution in [2.75, 3.05) is 26.7 Å². The van der Waals surface area contributed by atoms with Gasteiger partial charge < -0.3 is 15.0 Å². The molecule has 118 valence electrons. The molecule has 1 aliphatic rings. The Labute approximate surface area is 123 Å². The van der Waals surface area contributed by atoms with Gasteiger partial charge in [0.15, 0.2) is 0 Å². The van der Waals surface area contributed by atoms with E-state index in [4.69, 9.17) is 4.74 Å². The molecule has 1 aliphatic heterocycles. The van der Waals surface area contributed by atoms with Gasteiger partial charge in [0.2, 0.25) is 0 Å². The normalized spacial score (nSPS) is 15.9. The van der Waals surface area contributed by atoms with E-state index in [0.717, 1.165) is 25.1 Å². The van der Waals surface area contributed by atoms with Gasteiger partial charge in [0, 0.05) is 25.2 Å². The average Bonchev–Trinajstić information content (AvgIpc) is 2.38. The van der Waals surface area contributed by atoms with Crippen LogP contribution in [-0.2, 0) is 19.5 Å². The van der Waals surface area contributed by atoms with Crippen LogP contribution in [0.5, 0.6) is 5.75 Å². The number of hydrogen-bond donors (Lipinski definition) is 1. The molecule has 1 aromatic carbocycles. The highest BCUT2D eigenvalue weighted by atomic mass is 19.4. The highest BCUT2D eigenvalue weighted by Gasteiger charge is 2.26. The average molecular weight is 302 g/mol. The summed E-state index contributed by atoms with van der Waals surface area (Å²) in [6.07, 6.45) is -3.27. The van der Waals surface area contributed by atoms with E-state index in [0.29, 0.717) is 12.4 Å². The first kappa shape index (κ1) is 16.1. The van der Waals surface area contributed by atoms with Crippen molar-refractivity contribution in [3.05, 3.63) is 28.8 Å². The van der Waals surface area contributed by atoms with Crippen molar-refractivity contribution < 1.29 is 17.9 Å². The summed E-state index contributed by atoms with van der Waals surface area (Å²) < 4.78 is 42.3. The SMILES string of the molecule is CCOc1cc2c(cc1CNCC(F)(F)F)CCN(C)C2. The maximum atomic E-state index is 12.2. The van der Waals surface area contributed by atoms with E-state index in [1.165, 1.54) is 11.1 Å². The van der Waals surface area contributed by atoms with Crippen molar-refractivity contribution in [1.29, 1.82) is 0 Å². The lowest BCUT2D eigenvalue weighted by Gasteiger charge is -2.26. The fourth-order valence-electron chi connectivity index (χ4n) is 2.55. The van der Waals surface area contributed by atoms with Gasteiger partial charge >= 0.3 is 6.18 Å². The minimum Gasteiger partial charge on any atom is -0.494 e. The molecule has 0 bridgehead atoms. The van der Waals surface area contributed by atoms with E-state index >= 15 is 0 Å². The molecule has 0 spiro atoms. The second-order valence-electron chi connectivity index (χ2n) is 5.37. The van der Waals surface area contributed by atoms with Crippen LogP contribution in [0.3, 0.4) is 0 Å². The number of likely N-dealkylation sites (N-methyl/N-ethyl adjacent to an activating group) is 1. The second kappa shape index (κ2) is 6.66. The lowest BCUT2D eigenvalue weighted by atomic mass is 9.96. The number of ether oxygens (including phenoxy) is 1. The molecule has 0 amide bonds. The van der Waals surface area contributed by atoms with E-state index in [1.54, 1.807) is 0 Å². The number of nitrogens with one attached hydrogen (secondary N) is 1. The molecule has 21 heavy (non-hydrogen) atoms. The summed E-state index contributed by atoms with van der Waals surface area (Å²) in [5.74, 6) is 0.682. The predicted molar refractivity (Wildman–Crippen MR) is 75.4 cm³/mol.